The van der Waals surface area contributed by atoms with Crippen LogP contribution >= 0.6 is 0 Å². The minimum absolute atomic E-state index is 0.0404. The van der Waals surface area contributed by atoms with Crippen molar-refractivity contribution >= 4 is 28.4 Å². The highest BCUT2D eigenvalue weighted by atomic mass is 16.5. The van der Waals surface area contributed by atoms with Crippen LogP contribution in [0.1, 0.15) is 17.5 Å². The molecule has 0 saturated carbocycles. The molecule has 9 nitrogen and oxygen atoms in total. The summed E-state index contributed by atoms with van der Waals surface area (Å²) in [6.45, 7) is 3.82. The van der Waals surface area contributed by atoms with Crippen molar-refractivity contribution in [1.82, 2.24) is 24.5 Å². The Labute approximate surface area is 201 Å². The van der Waals surface area contributed by atoms with Crippen molar-refractivity contribution in [3.8, 4) is 17.1 Å². The monoisotopic (exact) mass is 468 g/mol. The number of furan rings is 1. The van der Waals surface area contributed by atoms with Crippen molar-refractivity contribution in [1.29, 1.82) is 0 Å². The topological polar surface area (TPSA) is 89.0 Å². The van der Waals surface area contributed by atoms with Gasteiger partial charge in [-0.3, -0.25) is 4.79 Å². The van der Waals surface area contributed by atoms with Crippen LogP contribution in [0.4, 0.5) is 5.95 Å². The molecule has 35 heavy (non-hydrogen) atoms. The molecule has 1 atom stereocenters. The van der Waals surface area contributed by atoms with Crippen LogP contribution in [0.2, 0.25) is 0 Å². The van der Waals surface area contributed by atoms with E-state index in [0.29, 0.717) is 31.2 Å². The number of methoxy groups -OCH3 is 1. The van der Waals surface area contributed by atoms with Crippen LogP contribution in [0.15, 0.2) is 71.3 Å². The van der Waals surface area contributed by atoms with Gasteiger partial charge in [-0.2, -0.15) is 0 Å². The molecule has 0 aliphatic carbocycles. The number of nitrogens with zero attached hydrogens (tertiary/aromatic N) is 6. The van der Waals surface area contributed by atoms with Gasteiger partial charge in [0, 0.05) is 36.6 Å². The number of amides is 1. The van der Waals surface area contributed by atoms with Gasteiger partial charge in [-0.05, 0) is 43.3 Å². The number of carbonyl (C=O) groups excluding carboxylic acids is 1. The second-order valence-electron chi connectivity index (χ2n) is 8.61. The smallest absolute Gasteiger partial charge is 0.289 e. The van der Waals surface area contributed by atoms with Crippen LogP contribution in [0, 0.1) is 0 Å². The summed E-state index contributed by atoms with van der Waals surface area (Å²) in [6.07, 6.45) is 1.52. The highest BCUT2D eigenvalue weighted by Gasteiger charge is 2.31. The lowest BCUT2D eigenvalue weighted by molar-refractivity contribution is 0.0640. The zero-order chi connectivity index (χ0) is 23.9. The molecule has 0 unspecified atom stereocenters. The van der Waals surface area contributed by atoms with Crippen LogP contribution in [-0.4, -0.2) is 63.2 Å². The maximum absolute atomic E-state index is 12.9. The summed E-state index contributed by atoms with van der Waals surface area (Å²) >= 11 is 0. The highest BCUT2D eigenvalue weighted by Crippen LogP contribution is 2.31. The molecule has 0 radical (unpaired) electrons. The van der Waals surface area contributed by atoms with Crippen molar-refractivity contribution in [2.45, 2.75) is 13.0 Å². The quantitative estimate of drug-likeness (QED) is 0.395. The average Bonchev–Trinajstić information content (AvgIpc) is 3.59. The Morgan fingerprint density at radius 1 is 1.06 bits per heavy atom. The first-order chi connectivity index (χ1) is 17.1. The summed E-state index contributed by atoms with van der Waals surface area (Å²) in [5.41, 5.74) is 2.47. The lowest BCUT2D eigenvalue weighted by atomic mass is 10.1. The lowest BCUT2D eigenvalue weighted by Crippen LogP contribution is -2.54. The van der Waals surface area contributed by atoms with Crippen LogP contribution < -0.4 is 9.64 Å². The molecule has 1 fully saturated rings. The molecule has 3 aromatic heterocycles. The second-order valence-corrected chi connectivity index (χ2v) is 8.61. The number of aromatic nitrogens is 4. The van der Waals surface area contributed by atoms with Crippen molar-refractivity contribution in [3.63, 3.8) is 0 Å². The molecule has 5 aromatic rings. The van der Waals surface area contributed by atoms with Gasteiger partial charge in [-0.15, -0.1) is 10.2 Å². The Hall–Kier alpha value is -4.40. The predicted octanol–water partition coefficient (Wildman–Crippen LogP) is 3.90. The SMILES string of the molecule is COc1cccc(-c2nnc3c4ccccc4nc(N4CCN(C(=O)c5ccco5)[C@H](C)C4)n23)c1. The summed E-state index contributed by atoms with van der Waals surface area (Å²) in [5.74, 6) is 2.44. The highest BCUT2D eigenvalue weighted by molar-refractivity contribution is 5.94. The maximum atomic E-state index is 12.9. The molecule has 6 rings (SSSR count). The van der Waals surface area contributed by atoms with Crippen molar-refractivity contribution in [2.24, 2.45) is 0 Å². The number of hydrogen-bond acceptors (Lipinski definition) is 7. The largest absolute Gasteiger partial charge is 0.497 e. The van der Waals surface area contributed by atoms with Crippen molar-refractivity contribution in [3.05, 3.63) is 72.7 Å². The Morgan fingerprint density at radius 3 is 2.74 bits per heavy atom. The summed E-state index contributed by atoms with van der Waals surface area (Å²) in [6, 6.07) is 19.1. The molecule has 1 aliphatic rings. The molecule has 4 heterocycles. The molecule has 1 saturated heterocycles. The van der Waals surface area contributed by atoms with Gasteiger partial charge in [-0.1, -0.05) is 24.3 Å². The van der Waals surface area contributed by atoms with Crippen molar-refractivity contribution < 1.29 is 13.9 Å². The number of anilines is 1. The number of hydrogen-bond donors (Lipinski definition) is 0. The summed E-state index contributed by atoms with van der Waals surface area (Å²) < 4.78 is 12.8. The Balaban J connectivity index is 1.44. The normalized spacial score (nSPS) is 16.2. The Bertz CT molecular complexity index is 1530. The first kappa shape index (κ1) is 21.2. The van der Waals surface area contributed by atoms with E-state index in [1.165, 1.54) is 6.26 Å². The van der Waals surface area contributed by atoms with Crippen LogP contribution in [0.5, 0.6) is 5.75 Å². The zero-order valence-electron chi connectivity index (χ0n) is 19.5. The van der Waals surface area contributed by atoms with Gasteiger partial charge in [0.1, 0.15) is 5.75 Å². The van der Waals surface area contributed by atoms with Gasteiger partial charge in [-0.25, -0.2) is 9.38 Å². The zero-order valence-corrected chi connectivity index (χ0v) is 19.5. The number of ether oxygens (including phenoxy) is 1. The van der Waals surface area contributed by atoms with E-state index in [1.54, 1.807) is 19.2 Å². The second kappa shape index (κ2) is 8.43. The third-order valence-corrected chi connectivity index (χ3v) is 6.46. The average molecular weight is 469 g/mol. The molecular weight excluding hydrogens is 444 g/mol. The third-order valence-electron chi connectivity index (χ3n) is 6.46. The van der Waals surface area contributed by atoms with E-state index < -0.39 is 0 Å². The fourth-order valence-electron chi connectivity index (χ4n) is 4.71. The van der Waals surface area contributed by atoms with E-state index >= 15 is 0 Å². The van der Waals surface area contributed by atoms with Gasteiger partial charge in [0.15, 0.2) is 17.2 Å². The molecular formula is C26H24N6O3. The van der Waals surface area contributed by atoms with E-state index in [4.69, 9.17) is 14.1 Å². The van der Waals surface area contributed by atoms with Gasteiger partial charge in [0.25, 0.3) is 5.91 Å². The van der Waals surface area contributed by atoms with Crippen LogP contribution in [0.3, 0.4) is 0 Å². The number of carbonyl (C=O) groups is 1. The molecule has 2 aromatic carbocycles. The third kappa shape index (κ3) is 3.56. The molecule has 1 aliphatic heterocycles. The number of benzene rings is 2. The maximum Gasteiger partial charge on any atom is 0.289 e. The molecule has 0 bridgehead atoms. The van der Waals surface area contributed by atoms with E-state index in [9.17, 15) is 4.79 Å². The minimum Gasteiger partial charge on any atom is -0.497 e. The minimum atomic E-state index is -0.0971. The molecule has 1 amide bonds. The fourth-order valence-corrected chi connectivity index (χ4v) is 4.71. The first-order valence-electron chi connectivity index (χ1n) is 11.5. The van der Waals surface area contributed by atoms with Crippen LogP contribution in [0.25, 0.3) is 27.9 Å². The van der Waals surface area contributed by atoms with Crippen LogP contribution in [-0.2, 0) is 0 Å². The molecule has 176 valence electrons. The lowest BCUT2D eigenvalue weighted by Gasteiger charge is -2.40. The summed E-state index contributed by atoms with van der Waals surface area (Å²) in [4.78, 5) is 22.0. The molecule has 9 heteroatoms. The number of fused-ring (bicyclic) bond motifs is 3. The molecule has 0 N–H and O–H groups in total. The van der Waals surface area contributed by atoms with Gasteiger partial charge in [0.2, 0.25) is 5.95 Å². The van der Waals surface area contributed by atoms with E-state index in [1.807, 2.05) is 64.8 Å². The molecule has 0 spiro atoms. The number of piperazine rings is 1. The van der Waals surface area contributed by atoms with E-state index in [0.717, 1.165) is 33.8 Å². The van der Waals surface area contributed by atoms with E-state index in [-0.39, 0.29) is 11.9 Å². The van der Waals surface area contributed by atoms with Crippen molar-refractivity contribution in [2.75, 3.05) is 31.6 Å². The summed E-state index contributed by atoms with van der Waals surface area (Å²) in [5, 5.41) is 10.0. The van der Waals surface area contributed by atoms with Gasteiger partial charge >= 0.3 is 0 Å². The standard InChI is InChI=1S/C26H24N6O3/c1-17-16-30(12-13-31(17)25(33)22-11-6-14-35-22)26-27-21-10-4-3-9-20(21)24-29-28-23(32(24)26)18-7-5-8-19(15-18)34-2/h3-11,14-15,17H,12-13,16H2,1-2H3/t17-/m1/s1. The number of rotatable bonds is 4. The predicted molar refractivity (Wildman–Crippen MR) is 132 cm³/mol. The Morgan fingerprint density at radius 2 is 1.94 bits per heavy atom. The first-order valence-corrected chi connectivity index (χ1v) is 11.5. The summed E-state index contributed by atoms with van der Waals surface area (Å²) in [7, 11) is 1.65. The van der Waals surface area contributed by atoms with Gasteiger partial charge in [0.05, 0.1) is 18.9 Å². The Kier molecular flexibility index (Phi) is 5.09. The fraction of sp³-hybridized carbons (Fsp3) is 0.231. The van der Waals surface area contributed by atoms with Gasteiger partial charge < -0.3 is 19.0 Å². The van der Waals surface area contributed by atoms with E-state index in [2.05, 4.69) is 15.1 Å². The number of para-hydroxylation sites is 1.